The topological polar surface area (TPSA) is 38.9 Å². The van der Waals surface area contributed by atoms with Crippen LogP contribution in [-0.4, -0.2) is 9.97 Å². The highest BCUT2D eigenvalue weighted by Gasteiger charge is 2.35. The maximum atomic E-state index is 6.36. The van der Waals surface area contributed by atoms with Gasteiger partial charge in [-0.15, -0.1) is 0 Å². The molecule has 0 N–H and O–H groups in total. The number of nitrogens with zero attached hydrogens (tertiary/aromatic N) is 2. The van der Waals surface area contributed by atoms with Gasteiger partial charge in [0.1, 0.15) is 11.2 Å². The number of hydrogen-bond acceptors (Lipinski definition) is 3. The predicted octanol–water partition coefficient (Wildman–Crippen LogP) is 14.2. The third-order valence-electron chi connectivity index (χ3n) is 11.7. The summed E-state index contributed by atoms with van der Waals surface area (Å²) in [5.41, 5.74) is 16.2. The molecule has 2 heterocycles. The lowest BCUT2D eigenvalue weighted by molar-refractivity contribution is 0.660. The summed E-state index contributed by atoms with van der Waals surface area (Å²) in [4.78, 5) is 10.8. The quantitative estimate of drug-likeness (QED) is 0.178. The summed E-state index contributed by atoms with van der Waals surface area (Å²) in [6.45, 7) is 4.65. The minimum Gasteiger partial charge on any atom is -0.456 e. The molecular weight excluding hydrogens is 681 g/mol. The lowest BCUT2D eigenvalue weighted by Gasteiger charge is -2.22. The van der Waals surface area contributed by atoms with Crippen molar-refractivity contribution in [2.45, 2.75) is 19.3 Å². The van der Waals surface area contributed by atoms with E-state index in [9.17, 15) is 0 Å². The van der Waals surface area contributed by atoms with Gasteiger partial charge in [-0.3, -0.25) is 0 Å². The van der Waals surface area contributed by atoms with Crippen LogP contribution in [0.1, 0.15) is 25.0 Å². The zero-order valence-corrected chi connectivity index (χ0v) is 31.1. The molecule has 0 saturated carbocycles. The standard InChI is InChI=1S/C53H36N2O/c1-53(2)46-21-10-8-18-41(46)42-25-24-36(30-47(42)53)48-32-49(55-52(54-48)45-20-12-16-34-15-6-7-17-40(34)45)39-28-37(33-13-4-3-5-14-33)27-38(29-39)35-23-26-44-43-19-9-11-22-50(43)56-51(44)31-35/h3-32H,1-2H3. The highest BCUT2D eigenvalue weighted by Crippen LogP contribution is 2.49. The van der Waals surface area contributed by atoms with Crippen LogP contribution in [0, 0.1) is 0 Å². The Hall–Kier alpha value is -7.10. The molecule has 0 aliphatic heterocycles. The molecule has 0 fully saturated rings. The minimum absolute atomic E-state index is 0.129. The van der Waals surface area contributed by atoms with Gasteiger partial charge in [0.15, 0.2) is 5.82 Å². The summed E-state index contributed by atoms with van der Waals surface area (Å²) in [6.07, 6.45) is 0. The largest absolute Gasteiger partial charge is 0.456 e. The molecule has 1 aliphatic carbocycles. The van der Waals surface area contributed by atoms with Crippen molar-refractivity contribution in [1.82, 2.24) is 9.97 Å². The third kappa shape index (κ3) is 5.20. The first-order valence-corrected chi connectivity index (χ1v) is 19.2. The fourth-order valence-corrected chi connectivity index (χ4v) is 8.79. The Kier molecular flexibility index (Phi) is 7.20. The van der Waals surface area contributed by atoms with Gasteiger partial charge < -0.3 is 4.42 Å². The zero-order chi connectivity index (χ0) is 37.4. The average molecular weight is 717 g/mol. The number of aromatic nitrogens is 2. The van der Waals surface area contributed by atoms with E-state index < -0.39 is 0 Å². The normalized spacial score (nSPS) is 13.0. The summed E-state index contributed by atoms with van der Waals surface area (Å²) in [6, 6.07) is 64.9. The second kappa shape index (κ2) is 12.5. The van der Waals surface area contributed by atoms with E-state index in [2.05, 4.69) is 184 Å². The van der Waals surface area contributed by atoms with E-state index in [4.69, 9.17) is 14.4 Å². The number of para-hydroxylation sites is 1. The van der Waals surface area contributed by atoms with Gasteiger partial charge in [0, 0.05) is 32.9 Å². The van der Waals surface area contributed by atoms with Crippen molar-refractivity contribution >= 4 is 32.7 Å². The Balaban J connectivity index is 1.13. The van der Waals surface area contributed by atoms with Crippen LogP contribution in [0.4, 0.5) is 0 Å². The van der Waals surface area contributed by atoms with Gasteiger partial charge >= 0.3 is 0 Å². The minimum atomic E-state index is -0.129. The maximum absolute atomic E-state index is 6.36. The Labute approximate surface area is 325 Å². The van der Waals surface area contributed by atoms with Gasteiger partial charge in [-0.1, -0.05) is 147 Å². The molecule has 264 valence electrons. The molecule has 0 amide bonds. The Morgan fingerprint density at radius 1 is 0.375 bits per heavy atom. The molecule has 1 aliphatic rings. The van der Waals surface area contributed by atoms with Gasteiger partial charge in [-0.25, -0.2) is 9.97 Å². The molecule has 10 aromatic rings. The molecule has 3 heteroatoms. The van der Waals surface area contributed by atoms with E-state index in [1.165, 1.54) is 22.3 Å². The SMILES string of the molecule is CC1(C)c2ccccc2-c2ccc(-c3cc(-c4cc(-c5ccccc5)cc(-c5ccc6c(c5)oc5ccccc56)c4)nc(-c4cccc5ccccc45)n3)cc21. The molecule has 8 aromatic carbocycles. The second-order valence-corrected chi connectivity index (χ2v) is 15.4. The van der Waals surface area contributed by atoms with Crippen molar-refractivity contribution in [3.63, 3.8) is 0 Å². The number of benzene rings is 8. The summed E-state index contributed by atoms with van der Waals surface area (Å²) in [5.74, 6) is 0.702. The number of furan rings is 1. The smallest absolute Gasteiger partial charge is 0.161 e. The highest BCUT2D eigenvalue weighted by molar-refractivity contribution is 6.06. The van der Waals surface area contributed by atoms with Gasteiger partial charge in [-0.05, 0) is 104 Å². The maximum Gasteiger partial charge on any atom is 0.161 e. The zero-order valence-electron chi connectivity index (χ0n) is 31.1. The second-order valence-electron chi connectivity index (χ2n) is 15.4. The van der Waals surface area contributed by atoms with Crippen molar-refractivity contribution in [1.29, 1.82) is 0 Å². The molecule has 0 bridgehead atoms. The average Bonchev–Trinajstić information content (AvgIpc) is 3.74. The van der Waals surface area contributed by atoms with E-state index in [-0.39, 0.29) is 5.41 Å². The van der Waals surface area contributed by atoms with E-state index in [0.29, 0.717) is 5.82 Å². The highest BCUT2D eigenvalue weighted by atomic mass is 16.3. The fourth-order valence-electron chi connectivity index (χ4n) is 8.79. The van der Waals surface area contributed by atoms with E-state index in [1.54, 1.807) is 0 Å². The van der Waals surface area contributed by atoms with Crippen LogP contribution in [0.2, 0.25) is 0 Å². The number of fused-ring (bicyclic) bond motifs is 7. The first-order valence-electron chi connectivity index (χ1n) is 19.2. The first kappa shape index (κ1) is 32.3. The lowest BCUT2D eigenvalue weighted by atomic mass is 9.82. The molecular formula is C53H36N2O. The molecule has 0 saturated heterocycles. The van der Waals surface area contributed by atoms with Crippen molar-refractivity contribution in [2.75, 3.05) is 0 Å². The molecule has 56 heavy (non-hydrogen) atoms. The van der Waals surface area contributed by atoms with Crippen LogP contribution in [0.5, 0.6) is 0 Å². The van der Waals surface area contributed by atoms with Crippen LogP contribution in [-0.2, 0) is 5.41 Å². The molecule has 3 nitrogen and oxygen atoms in total. The summed E-state index contributed by atoms with van der Waals surface area (Å²) >= 11 is 0. The molecule has 0 unspecified atom stereocenters. The van der Waals surface area contributed by atoms with E-state index >= 15 is 0 Å². The Morgan fingerprint density at radius 3 is 1.88 bits per heavy atom. The molecule has 0 spiro atoms. The molecule has 11 rings (SSSR count). The van der Waals surface area contributed by atoms with Gasteiger partial charge in [0.05, 0.1) is 11.4 Å². The van der Waals surface area contributed by atoms with Crippen LogP contribution >= 0.6 is 0 Å². The molecule has 0 radical (unpaired) electrons. The molecule has 0 atom stereocenters. The number of rotatable bonds is 5. The predicted molar refractivity (Wildman–Crippen MR) is 232 cm³/mol. The summed E-state index contributed by atoms with van der Waals surface area (Å²) in [5, 5.41) is 4.53. The number of hydrogen-bond donors (Lipinski definition) is 0. The summed E-state index contributed by atoms with van der Waals surface area (Å²) in [7, 11) is 0. The summed E-state index contributed by atoms with van der Waals surface area (Å²) < 4.78 is 6.36. The van der Waals surface area contributed by atoms with Crippen molar-refractivity contribution in [3.05, 3.63) is 193 Å². The van der Waals surface area contributed by atoms with Gasteiger partial charge in [0.25, 0.3) is 0 Å². The van der Waals surface area contributed by atoms with Crippen LogP contribution in [0.3, 0.4) is 0 Å². The van der Waals surface area contributed by atoms with E-state index in [0.717, 1.165) is 83.0 Å². The van der Waals surface area contributed by atoms with Crippen molar-refractivity contribution in [3.8, 4) is 67.3 Å². The third-order valence-corrected chi connectivity index (χ3v) is 11.7. The van der Waals surface area contributed by atoms with Crippen LogP contribution in [0.15, 0.2) is 186 Å². The lowest BCUT2D eigenvalue weighted by Crippen LogP contribution is -2.14. The van der Waals surface area contributed by atoms with Crippen LogP contribution in [0.25, 0.3) is 100.0 Å². The Morgan fingerprint density at radius 2 is 1.00 bits per heavy atom. The van der Waals surface area contributed by atoms with Gasteiger partial charge in [-0.2, -0.15) is 0 Å². The van der Waals surface area contributed by atoms with Crippen molar-refractivity contribution in [2.24, 2.45) is 0 Å². The molecule has 2 aromatic heterocycles. The van der Waals surface area contributed by atoms with Gasteiger partial charge in [0.2, 0.25) is 0 Å². The first-order chi connectivity index (χ1) is 27.5. The van der Waals surface area contributed by atoms with E-state index in [1.807, 2.05) is 12.1 Å². The van der Waals surface area contributed by atoms with Crippen molar-refractivity contribution < 1.29 is 4.42 Å². The fraction of sp³-hybridized carbons (Fsp3) is 0.0566. The van der Waals surface area contributed by atoms with Crippen LogP contribution < -0.4 is 0 Å². The monoisotopic (exact) mass is 716 g/mol. The Bertz CT molecular complexity index is 3170.